The van der Waals surface area contributed by atoms with Crippen LogP contribution in [0.3, 0.4) is 0 Å². The van der Waals surface area contributed by atoms with Gasteiger partial charge in [0, 0.05) is 35.4 Å². The van der Waals surface area contributed by atoms with Crippen LogP contribution in [0.2, 0.25) is 0 Å². The van der Waals surface area contributed by atoms with Crippen LogP contribution in [-0.2, 0) is 0 Å². The number of pyridine rings is 1. The topological polar surface area (TPSA) is 84.3 Å². The lowest BCUT2D eigenvalue weighted by molar-refractivity contribution is 0.595. The van der Waals surface area contributed by atoms with Gasteiger partial charge in [0.2, 0.25) is 5.95 Å². The van der Waals surface area contributed by atoms with Crippen molar-refractivity contribution in [2.75, 3.05) is 5.32 Å². The molecule has 0 unspecified atom stereocenters. The third-order valence-corrected chi connectivity index (χ3v) is 5.62. The Hall–Kier alpha value is -2.96. The molecule has 1 fully saturated rings. The van der Waals surface area contributed by atoms with Crippen molar-refractivity contribution in [2.24, 2.45) is 5.92 Å². The predicted octanol–water partition coefficient (Wildman–Crippen LogP) is 4.47. The van der Waals surface area contributed by atoms with Crippen molar-refractivity contribution in [3.05, 3.63) is 30.4 Å². The largest absolute Gasteiger partial charge is 0.351 e. The number of aromatic nitrogens is 6. The second-order valence-electron chi connectivity index (χ2n) is 8.09. The van der Waals surface area contributed by atoms with E-state index in [0.29, 0.717) is 18.0 Å². The van der Waals surface area contributed by atoms with Gasteiger partial charge in [0.1, 0.15) is 17.0 Å². The number of nitrogens with one attached hydrogen (secondary N) is 2. The van der Waals surface area contributed by atoms with Gasteiger partial charge < -0.3 is 14.9 Å². The average Bonchev–Trinajstić information content (AvgIpc) is 3.35. The highest BCUT2D eigenvalue weighted by atomic mass is 15.1. The molecule has 4 aromatic rings. The maximum absolute atomic E-state index is 4.92. The molecule has 0 aliphatic heterocycles. The monoisotopic (exact) mass is 375 g/mol. The fraction of sp³-hybridized carbons (Fsp3) is 0.429. The summed E-state index contributed by atoms with van der Waals surface area (Å²) >= 11 is 0. The predicted molar refractivity (Wildman–Crippen MR) is 111 cm³/mol. The second kappa shape index (κ2) is 6.29. The van der Waals surface area contributed by atoms with Gasteiger partial charge >= 0.3 is 0 Å². The number of fused-ring (bicyclic) bond motifs is 2. The summed E-state index contributed by atoms with van der Waals surface area (Å²) in [4.78, 5) is 22.0. The van der Waals surface area contributed by atoms with Gasteiger partial charge in [-0.25, -0.2) is 15.0 Å². The Bertz CT molecular complexity index is 1170. The van der Waals surface area contributed by atoms with Gasteiger partial charge in [-0.3, -0.25) is 0 Å². The Labute approximate surface area is 163 Å². The Morgan fingerprint density at radius 1 is 1.14 bits per heavy atom. The minimum atomic E-state index is 0.307. The van der Waals surface area contributed by atoms with Gasteiger partial charge in [-0.1, -0.05) is 0 Å². The molecule has 0 amide bonds. The van der Waals surface area contributed by atoms with Gasteiger partial charge in [0.25, 0.3) is 0 Å². The van der Waals surface area contributed by atoms with E-state index in [4.69, 9.17) is 4.98 Å². The lowest BCUT2D eigenvalue weighted by Gasteiger charge is -2.12. The van der Waals surface area contributed by atoms with E-state index in [0.717, 1.165) is 45.2 Å². The van der Waals surface area contributed by atoms with Gasteiger partial charge in [-0.2, -0.15) is 4.98 Å². The average molecular weight is 375 g/mol. The van der Waals surface area contributed by atoms with Gasteiger partial charge in [-0.05, 0) is 58.6 Å². The molecule has 7 nitrogen and oxygen atoms in total. The SMILES string of the molecule is Cc1nc2ccc(-c3c[nH]c4nc(N[C@H](C)C5CC5)ncc34)nc2n1C(C)C. The number of aromatic amines is 1. The summed E-state index contributed by atoms with van der Waals surface area (Å²) in [5.41, 5.74) is 4.57. The number of hydrogen-bond donors (Lipinski definition) is 2. The summed E-state index contributed by atoms with van der Waals surface area (Å²) in [6, 6.07) is 4.77. The summed E-state index contributed by atoms with van der Waals surface area (Å²) in [6.07, 6.45) is 6.44. The van der Waals surface area contributed by atoms with E-state index in [1.165, 1.54) is 12.8 Å². The quantitative estimate of drug-likeness (QED) is 0.538. The zero-order valence-corrected chi connectivity index (χ0v) is 16.7. The summed E-state index contributed by atoms with van der Waals surface area (Å²) in [6.45, 7) is 8.53. The zero-order valence-electron chi connectivity index (χ0n) is 16.7. The fourth-order valence-electron chi connectivity index (χ4n) is 3.96. The summed E-state index contributed by atoms with van der Waals surface area (Å²) < 4.78 is 2.17. The van der Waals surface area contributed by atoms with Crippen LogP contribution in [-0.4, -0.2) is 35.5 Å². The molecule has 0 bridgehead atoms. The second-order valence-corrected chi connectivity index (χ2v) is 8.09. The molecular formula is C21H25N7. The standard InChI is InChI=1S/C21H25N7/c1-11(2)28-13(4)25-18-8-7-17(26-20(18)28)15-9-22-19-16(15)10-23-21(27-19)24-12(3)14-5-6-14/h7-12,14H,5-6H2,1-4H3,(H2,22,23,24,27)/t12-/m1/s1. The van der Waals surface area contributed by atoms with Crippen LogP contribution in [0.15, 0.2) is 24.5 Å². The molecule has 1 atom stereocenters. The molecule has 4 aromatic heterocycles. The smallest absolute Gasteiger partial charge is 0.224 e. The molecule has 1 aliphatic rings. The fourth-order valence-corrected chi connectivity index (χ4v) is 3.96. The molecule has 0 radical (unpaired) electrons. The number of imidazole rings is 1. The molecule has 4 heterocycles. The normalized spacial score (nSPS) is 15.6. The van der Waals surface area contributed by atoms with Crippen molar-refractivity contribution in [1.29, 1.82) is 0 Å². The van der Waals surface area contributed by atoms with Crippen LogP contribution < -0.4 is 5.32 Å². The van der Waals surface area contributed by atoms with E-state index in [-0.39, 0.29) is 0 Å². The van der Waals surface area contributed by atoms with E-state index < -0.39 is 0 Å². The molecule has 0 saturated heterocycles. The highest BCUT2D eigenvalue weighted by Crippen LogP contribution is 2.34. The van der Waals surface area contributed by atoms with Crippen molar-refractivity contribution in [3.63, 3.8) is 0 Å². The highest BCUT2D eigenvalue weighted by molar-refractivity contribution is 5.93. The molecule has 144 valence electrons. The van der Waals surface area contributed by atoms with Crippen molar-refractivity contribution < 1.29 is 0 Å². The lowest BCUT2D eigenvalue weighted by atomic mass is 10.1. The zero-order chi connectivity index (χ0) is 19.4. The molecule has 5 rings (SSSR count). The number of nitrogens with zero attached hydrogens (tertiary/aromatic N) is 5. The number of rotatable bonds is 5. The van der Waals surface area contributed by atoms with E-state index >= 15 is 0 Å². The molecule has 1 aliphatic carbocycles. The summed E-state index contributed by atoms with van der Waals surface area (Å²) in [5, 5.41) is 4.40. The summed E-state index contributed by atoms with van der Waals surface area (Å²) in [7, 11) is 0. The van der Waals surface area contributed by atoms with Crippen molar-refractivity contribution in [3.8, 4) is 11.3 Å². The Morgan fingerprint density at radius 2 is 1.96 bits per heavy atom. The van der Waals surface area contributed by atoms with Crippen molar-refractivity contribution in [1.82, 2.24) is 29.5 Å². The Morgan fingerprint density at radius 3 is 2.71 bits per heavy atom. The maximum Gasteiger partial charge on any atom is 0.224 e. The molecule has 0 aromatic carbocycles. The Kier molecular flexibility index (Phi) is 3.86. The van der Waals surface area contributed by atoms with Gasteiger partial charge in [-0.15, -0.1) is 0 Å². The van der Waals surface area contributed by atoms with Gasteiger partial charge in [0.05, 0.1) is 5.69 Å². The first-order chi connectivity index (χ1) is 13.5. The molecule has 2 N–H and O–H groups in total. The Balaban J connectivity index is 1.54. The van der Waals surface area contributed by atoms with Crippen molar-refractivity contribution in [2.45, 2.75) is 52.6 Å². The summed E-state index contributed by atoms with van der Waals surface area (Å²) in [5.74, 6) is 2.42. The van der Waals surface area contributed by atoms with E-state index in [2.05, 4.69) is 50.6 Å². The number of H-pyrrole nitrogens is 1. The highest BCUT2D eigenvalue weighted by Gasteiger charge is 2.28. The molecule has 28 heavy (non-hydrogen) atoms. The first-order valence-corrected chi connectivity index (χ1v) is 9.98. The first-order valence-electron chi connectivity index (χ1n) is 9.98. The lowest BCUT2D eigenvalue weighted by Crippen LogP contribution is -2.18. The molecule has 1 saturated carbocycles. The molecule has 0 spiro atoms. The van der Waals surface area contributed by atoms with E-state index in [9.17, 15) is 0 Å². The first kappa shape index (κ1) is 17.2. The van der Waals surface area contributed by atoms with Crippen LogP contribution in [0.4, 0.5) is 5.95 Å². The van der Waals surface area contributed by atoms with Crippen LogP contribution in [0.1, 0.15) is 45.5 Å². The van der Waals surface area contributed by atoms with Crippen LogP contribution >= 0.6 is 0 Å². The maximum atomic E-state index is 4.92. The van der Waals surface area contributed by atoms with Crippen LogP contribution in [0.25, 0.3) is 33.5 Å². The number of aryl methyl sites for hydroxylation is 1. The van der Waals surface area contributed by atoms with E-state index in [1.54, 1.807) is 0 Å². The van der Waals surface area contributed by atoms with Crippen molar-refractivity contribution >= 4 is 28.1 Å². The number of hydrogen-bond acceptors (Lipinski definition) is 5. The third kappa shape index (κ3) is 2.82. The minimum absolute atomic E-state index is 0.307. The molecule has 7 heteroatoms. The van der Waals surface area contributed by atoms with Crippen LogP contribution in [0.5, 0.6) is 0 Å². The van der Waals surface area contributed by atoms with Crippen LogP contribution in [0, 0.1) is 12.8 Å². The molecular weight excluding hydrogens is 350 g/mol. The van der Waals surface area contributed by atoms with Gasteiger partial charge in [0.15, 0.2) is 5.65 Å². The van der Waals surface area contributed by atoms with E-state index in [1.807, 2.05) is 31.5 Å². The number of anilines is 1. The minimum Gasteiger partial charge on any atom is -0.351 e. The third-order valence-electron chi connectivity index (χ3n) is 5.62.